The van der Waals surface area contributed by atoms with Crippen molar-refractivity contribution >= 4 is 7.80 Å². The number of hydrogen-bond donors (Lipinski definition) is 1. The monoisotopic (exact) mass is 216 g/mol. The molecule has 2 atom stereocenters. The molecule has 1 heterocycles. The number of aliphatic hydroxyl groups excluding tert-OH is 1. The predicted molar refractivity (Wildman–Crippen MR) is 61.4 cm³/mol. The van der Waals surface area contributed by atoms with Gasteiger partial charge in [0.05, 0.1) is 0 Å². The molecule has 3 heteroatoms. The van der Waals surface area contributed by atoms with Crippen LogP contribution in [0.15, 0.2) is 11.1 Å². The van der Waals surface area contributed by atoms with Gasteiger partial charge in [0.25, 0.3) is 0 Å². The molecule has 1 N–H and O–H groups in total. The highest BCUT2D eigenvalue weighted by atomic mass is 31.1. The summed E-state index contributed by atoms with van der Waals surface area (Å²) >= 11 is 0. The van der Waals surface area contributed by atoms with Gasteiger partial charge in [-0.3, -0.25) is 0 Å². The molecule has 0 aliphatic carbocycles. The molecule has 0 spiro atoms. The molecule has 1 unspecified atom stereocenters. The van der Waals surface area contributed by atoms with E-state index in [1.807, 2.05) is 0 Å². The van der Waals surface area contributed by atoms with Crippen molar-refractivity contribution in [3.63, 3.8) is 0 Å². The van der Waals surface area contributed by atoms with E-state index in [0.29, 0.717) is 0 Å². The summed E-state index contributed by atoms with van der Waals surface area (Å²) in [6.07, 6.45) is 0. The molecule has 0 aromatic heterocycles. The molecule has 1 rings (SSSR count). The van der Waals surface area contributed by atoms with Crippen molar-refractivity contribution in [2.45, 2.75) is 47.2 Å². The first-order valence-electron chi connectivity index (χ1n) is 5.04. The summed E-state index contributed by atoms with van der Waals surface area (Å²) in [5, 5.41) is 9.66. The van der Waals surface area contributed by atoms with Crippen molar-refractivity contribution < 1.29 is 9.67 Å². The van der Waals surface area contributed by atoms with Crippen LogP contribution in [-0.4, -0.2) is 10.8 Å². The second-order valence-electron chi connectivity index (χ2n) is 6.18. The molecule has 0 aromatic carbocycles. The van der Waals surface area contributed by atoms with Crippen LogP contribution in [0.25, 0.3) is 0 Å². The first-order chi connectivity index (χ1) is 6.07. The third-order valence-electron chi connectivity index (χ3n) is 2.71. The summed E-state index contributed by atoms with van der Waals surface area (Å²) in [5.41, 5.74) is 1.18. The molecule has 82 valence electrons. The fourth-order valence-corrected chi connectivity index (χ4v) is 4.52. The Labute approximate surface area is 87.2 Å². The van der Waals surface area contributed by atoms with E-state index < -0.39 is 7.80 Å². The highest BCUT2D eigenvalue weighted by molar-refractivity contribution is 7.52. The van der Waals surface area contributed by atoms with E-state index in [2.05, 4.69) is 41.5 Å². The molecule has 1 aliphatic rings. The summed E-state index contributed by atoms with van der Waals surface area (Å²) in [6, 6.07) is 0. The van der Waals surface area contributed by atoms with Gasteiger partial charge >= 0.3 is 0 Å². The second-order valence-corrected chi connectivity index (χ2v) is 7.96. The van der Waals surface area contributed by atoms with Crippen molar-refractivity contribution in [3.05, 3.63) is 11.1 Å². The van der Waals surface area contributed by atoms with Gasteiger partial charge in [-0.2, -0.15) is 0 Å². The average Bonchev–Trinajstić information content (AvgIpc) is 1.93. The van der Waals surface area contributed by atoms with Crippen LogP contribution < -0.4 is 0 Å². The summed E-state index contributed by atoms with van der Waals surface area (Å²) in [7, 11) is -1.91. The molecule has 0 radical (unpaired) electrons. The zero-order chi connectivity index (χ0) is 11.3. The molecule has 1 aliphatic heterocycles. The van der Waals surface area contributed by atoms with Crippen molar-refractivity contribution in [2.75, 3.05) is 0 Å². The molecule has 0 aromatic rings. The molecule has 0 saturated carbocycles. The number of allylic oxidation sites excluding steroid dienone is 1. The Balaban J connectivity index is 3.13. The van der Waals surface area contributed by atoms with Crippen LogP contribution in [0.4, 0.5) is 0 Å². The number of rotatable bonds is 0. The third-order valence-corrected chi connectivity index (χ3v) is 5.13. The van der Waals surface area contributed by atoms with Crippen LogP contribution in [0.1, 0.15) is 41.5 Å². The lowest BCUT2D eigenvalue weighted by Crippen LogP contribution is -2.37. The highest BCUT2D eigenvalue weighted by Crippen LogP contribution is 2.62. The van der Waals surface area contributed by atoms with E-state index in [1.54, 1.807) is 0 Å². The van der Waals surface area contributed by atoms with Crippen LogP contribution in [0.2, 0.25) is 0 Å². The Bertz CT molecular complexity index is 302. The van der Waals surface area contributed by atoms with Crippen LogP contribution >= 0.6 is 7.80 Å². The van der Waals surface area contributed by atoms with Gasteiger partial charge in [0, 0.05) is 5.66 Å². The molecule has 0 fully saturated rings. The first kappa shape index (κ1) is 11.8. The Morgan fingerprint density at radius 3 is 1.79 bits per heavy atom. The van der Waals surface area contributed by atoms with E-state index in [4.69, 9.17) is 0 Å². The van der Waals surface area contributed by atoms with E-state index in [9.17, 15) is 9.67 Å². The van der Waals surface area contributed by atoms with Crippen LogP contribution in [0, 0.1) is 10.8 Å². The predicted octanol–water partition coefficient (Wildman–Crippen LogP) is 3.79. The quantitative estimate of drug-likeness (QED) is 0.625. The highest BCUT2D eigenvalue weighted by Gasteiger charge is 2.48. The average molecular weight is 216 g/mol. The Morgan fingerprint density at radius 1 is 1.14 bits per heavy atom. The fourth-order valence-electron chi connectivity index (χ4n) is 2.07. The van der Waals surface area contributed by atoms with Gasteiger partial charge in [0.15, 0.2) is 0 Å². The standard InChI is InChI=1S/C11H21O2P/c1-10(2,3)7-8(11(4,5)6)14(13)9(7)12/h8,12,14H,1-6H3/t8-/m1/s1. The molecule has 0 amide bonds. The SMILES string of the molecule is CC(C)(C)C1=C(O)[PH](=O)[C@H]1C(C)(C)C. The van der Waals surface area contributed by atoms with Crippen molar-refractivity contribution in [1.82, 2.24) is 0 Å². The minimum absolute atomic E-state index is 0.00904. The minimum atomic E-state index is -1.91. The largest absolute Gasteiger partial charge is 0.505 e. The lowest BCUT2D eigenvalue weighted by atomic mass is 9.76. The molecule has 14 heavy (non-hydrogen) atoms. The van der Waals surface area contributed by atoms with E-state index in [-0.39, 0.29) is 22.0 Å². The zero-order valence-corrected chi connectivity index (χ0v) is 10.9. The van der Waals surface area contributed by atoms with Crippen LogP contribution in [-0.2, 0) is 4.57 Å². The maximum absolute atomic E-state index is 11.7. The van der Waals surface area contributed by atoms with Crippen LogP contribution in [0.5, 0.6) is 0 Å². The normalized spacial score (nSPS) is 29.0. The zero-order valence-electron chi connectivity index (χ0n) is 9.93. The number of aliphatic hydroxyl groups is 1. The third kappa shape index (κ3) is 1.77. The van der Waals surface area contributed by atoms with Gasteiger partial charge in [0.1, 0.15) is 13.3 Å². The summed E-state index contributed by atoms with van der Waals surface area (Å²) in [4.78, 5) is 0. The van der Waals surface area contributed by atoms with Crippen molar-refractivity contribution in [2.24, 2.45) is 10.8 Å². The van der Waals surface area contributed by atoms with Gasteiger partial charge in [-0.1, -0.05) is 41.5 Å². The Hall–Kier alpha value is -0.230. The van der Waals surface area contributed by atoms with Gasteiger partial charge in [0.2, 0.25) is 0 Å². The van der Waals surface area contributed by atoms with Gasteiger partial charge < -0.3 is 9.67 Å². The molecular weight excluding hydrogens is 195 g/mol. The fraction of sp³-hybridized carbons (Fsp3) is 0.818. The first-order valence-corrected chi connectivity index (χ1v) is 6.53. The lowest BCUT2D eigenvalue weighted by molar-refractivity contribution is 0.308. The van der Waals surface area contributed by atoms with Gasteiger partial charge in [-0.25, -0.2) is 0 Å². The summed E-state index contributed by atoms with van der Waals surface area (Å²) in [5.74, 6) is 0. The van der Waals surface area contributed by atoms with Gasteiger partial charge in [-0.15, -0.1) is 0 Å². The van der Waals surface area contributed by atoms with E-state index >= 15 is 0 Å². The summed E-state index contributed by atoms with van der Waals surface area (Å²) < 4.78 is 11.7. The summed E-state index contributed by atoms with van der Waals surface area (Å²) in [6.45, 7) is 12.4. The van der Waals surface area contributed by atoms with E-state index in [1.165, 1.54) is 0 Å². The van der Waals surface area contributed by atoms with Crippen molar-refractivity contribution in [3.8, 4) is 0 Å². The molecular formula is C11H21O2P. The topological polar surface area (TPSA) is 37.3 Å². The lowest BCUT2D eigenvalue weighted by Gasteiger charge is -2.44. The Kier molecular flexibility index (Phi) is 2.65. The maximum atomic E-state index is 11.7. The van der Waals surface area contributed by atoms with Crippen molar-refractivity contribution in [1.29, 1.82) is 0 Å². The molecule has 2 nitrogen and oxygen atoms in total. The Morgan fingerprint density at radius 2 is 1.57 bits per heavy atom. The van der Waals surface area contributed by atoms with Gasteiger partial charge in [-0.05, 0) is 16.4 Å². The molecule has 0 bridgehead atoms. The second kappa shape index (κ2) is 3.13. The molecule has 0 saturated heterocycles. The smallest absolute Gasteiger partial charge is 0.150 e. The van der Waals surface area contributed by atoms with E-state index in [0.717, 1.165) is 5.57 Å². The maximum Gasteiger partial charge on any atom is 0.150 e. The number of hydrogen-bond acceptors (Lipinski definition) is 2. The van der Waals surface area contributed by atoms with Crippen LogP contribution in [0.3, 0.4) is 0 Å². The minimum Gasteiger partial charge on any atom is -0.505 e.